The van der Waals surface area contributed by atoms with Gasteiger partial charge in [0.15, 0.2) is 5.82 Å². The van der Waals surface area contributed by atoms with E-state index in [-0.39, 0.29) is 12.0 Å². The number of morpholine rings is 1. The van der Waals surface area contributed by atoms with Crippen molar-refractivity contribution in [2.24, 2.45) is 7.05 Å². The molecule has 1 unspecified atom stereocenters. The van der Waals surface area contributed by atoms with Gasteiger partial charge in [-0.1, -0.05) is 12.1 Å². The second kappa shape index (κ2) is 8.24. The smallest absolute Gasteiger partial charge is 0.236 e. The lowest BCUT2D eigenvalue weighted by atomic mass is 10.2. The Morgan fingerprint density at radius 3 is 2.75 bits per heavy atom. The fourth-order valence-electron chi connectivity index (χ4n) is 3.82. The number of piperazine rings is 1. The molecule has 4 rings (SSSR count). The molecule has 28 heavy (non-hydrogen) atoms. The van der Waals surface area contributed by atoms with Gasteiger partial charge in [0.25, 0.3) is 0 Å². The van der Waals surface area contributed by atoms with E-state index in [0.717, 1.165) is 26.2 Å². The van der Waals surface area contributed by atoms with Crippen LogP contribution >= 0.6 is 0 Å². The number of carbonyl (C=O) groups excluding carboxylic acids is 1. The van der Waals surface area contributed by atoms with Crippen molar-refractivity contribution in [3.05, 3.63) is 35.7 Å². The van der Waals surface area contributed by atoms with Crippen molar-refractivity contribution in [1.82, 2.24) is 30.0 Å². The standard InChI is InChI=1S/C19H27N7O2/c1-15-4-3-5-16(12-15)25-8-6-24(7-9-25)14-18(27)26-10-11-28-17(13-26)19-20-21-22-23(19)2/h3-5,12,17H,6-11,13-14H2,1-2H3. The second-order valence-corrected chi connectivity index (χ2v) is 7.46. The van der Waals surface area contributed by atoms with Crippen LogP contribution in [0.3, 0.4) is 0 Å². The summed E-state index contributed by atoms with van der Waals surface area (Å²) in [6.07, 6.45) is -0.268. The molecule has 1 aromatic carbocycles. The zero-order valence-electron chi connectivity index (χ0n) is 16.5. The molecule has 3 heterocycles. The summed E-state index contributed by atoms with van der Waals surface area (Å²) in [4.78, 5) is 19.3. The summed E-state index contributed by atoms with van der Waals surface area (Å²) in [5.41, 5.74) is 2.54. The average Bonchev–Trinajstić information content (AvgIpc) is 3.14. The zero-order valence-corrected chi connectivity index (χ0v) is 16.5. The fraction of sp³-hybridized carbons (Fsp3) is 0.579. The third kappa shape index (κ3) is 4.15. The molecular formula is C19H27N7O2. The lowest BCUT2D eigenvalue weighted by Gasteiger charge is -2.38. The van der Waals surface area contributed by atoms with E-state index in [1.165, 1.54) is 11.3 Å². The minimum atomic E-state index is -0.268. The highest BCUT2D eigenvalue weighted by Gasteiger charge is 2.30. The van der Waals surface area contributed by atoms with E-state index in [9.17, 15) is 4.79 Å². The molecule has 0 aliphatic carbocycles. The number of ether oxygens (including phenoxy) is 1. The number of benzene rings is 1. The normalized spacial score (nSPS) is 21.1. The van der Waals surface area contributed by atoms with Crippen molar-refractivity contribution in [2.45, 2.75) is 13.0 Å². The number of hydrogen-bond donors (Lipinski definition) is 0. The predicted octanol–water partition coefficient (Wildman–Crippen LogP) is 0.241. The first-order valence-electron chi connectivity index (χ1n) is 9.76. The Labute approximate surface area is 164 Å². The van der Waals surface area contributed by atoms with Crippen molar-refractivity contribution in [2.75, 3.05) is 57.3 Å². The number of hydrogen-bond acceptors (Lipinski definition) is 7. The van der Waals surface area contributed by atoms with E-state index in [2.05, 4.69) is 56.5 Å². The third-order valence-electron chi connectivity index (χ3n) is 5.46. The summed E-state index contributed by atoms with van der Waals surface area (Å²) >= 11 is 0. The van der Waals surface area contributed by atoms with Gasteiger partial charge in [-0.25, -0.2) is 4.68 Å². The van der Waals surface area contributed by atoms with Crippen molar-refractivity contribution < 1.29 is 9.53 Å². The number of aryl methyl sites for hydroxylation is 2. The zero-order chi connectivity index (χ0) is 19.5. The summed E-state index contributed by atoms with van der Waals surface area (Å²) in [5, 5.41) is 11.5. The van der Waals surface area contributed by atoms with Crippen LogP contribution < -0.4 is 4.90 Å². The Morgan fingerprint density at radius 1 is 1.21 bits per heavy atom. The van der Waals surface area contributed by atoms with Gasteiger partial charge in [0.1, 0.15) is 6.10 Å². The highest BCUT2D eigenvalue weighted by atomic mass is 16.5. The molecule has 0 bridgehead atoms. The molecule has 9 nitrogen and oxygen atoms in total. The Balaban J connectivity index is 1.29. The number of amides is 1. The van der Waals surface area contributed by atoms with Gasteiger partial charge in [-0.3, -0.25) is 9.69 Å². The summed E-state index contributed by atoms with van der Waals surface area (Å²) < 4.78 is 7.37. The number of nitrogens with zero attached hydrogens (tertiary/aromatic N) is 7. The lowest BCUT2D eigenvalue weighted by molar-refractivity contribution is -0.140. The maximum Gasteiger partial charge on any atom is 0.236 e. The number of rotatable bonds is 4. The Morgan fingerprint density at radius 2 is 2.04 bits per heavy atom. The molecule has 0 N–H and O–H groups in total. The van der Waals surface area contributed by atoms with Crippen LogP contribution in [-0.2, 0) is 16.6 Å². The maximum absolute atomic E-state index is 12.8. The monoisotopic (exact) mass is 385 g/mol. The molecule has 0 spiro atoms. The molecule has 1 aromatic heterocycles. The van der Waals surface area contributed by atoms with Gasteiger partial charge < -0.3 is 14.5 Å². The number of anilines is 1. The highest BCUT2D eigenvalue weighted by Crippen LogP contribution is 2.20. The quantitative estimate of drug-likeness (QED) is 0.746. The largest absolute Gasteiger partial charge is 0.369 e. The highest BCUT2D eigenvalue weighted by molar-refractivity contribution is 5.78. The van der Waals surface area contributed by atoms with E-state index in [0.29, 0.717) is 32.1 Å². The minimum absolute atomic E-state index is 0.146. The van der Waals surface area contributed by atoms with E-state index in [1.54, 1.807) is 11.7 Å². The summed E-state index contributed by atoms with van der Waals surface area (Å²) in [6.45, 7) is 7.84. The van der Waals surface area contributed by atoms with Crippen LogP contribution in [0.2, 0.25) is 0 Å². The van der Waals surface area contributed by atoms with Gasteiger partial charge in [-0.2, -0.15) is 0 Å². The van der Waals surface area contributed by atoms with E-state index < -0.39 is 0 Å². The Hall–Kier alpha value is -2.52. The van der Waals surface area contributed by atoms with E-state index >= 15 is 0 Å². The van der Waals surface area contributed by atoms with E-state index in [1.807, 2.05) is 4.90 Å². The molecule has 1 atom stereocenters. The molecule has 1 amide bonds. The maximum atomic E-state index is 12.8. The van der Waals surface area contributed by atoms with Crippen LogP contribution in [-0.4, -0.2) is 88.3 Å². The van der Waals surface area contributed by atoms with Gasteiger partial charge in [0.05, 0.1) is 19.7 Å². The van der Waals surface area contributed by atoms with Crippen LogP contribution in [0.4, 0.5) is 5.69 Å². The first-order chi connectivity index (χ1) is 13.6. The SMILES string of the molecule is Cc1cccc(N2CCN(CC(=O)N3CCOC(c4nnnn4C)C3)CC2)c1. The molecule has 150 valence electrons. The third-order valence-corrected chi connectivity index (χ3v) is 5.46. The van der Waals surface area contributed by atoms with Crippen molar-refractivity contribution in [3.63, 3.8) is 0 Å². The molecule has 0 saturated carbocycles. The number of carbonyl (C=O) groups is 1. The first kappa shape index (κ1) is 18.8. The van der Waals surface area contributed by atoms with E-state index in [4.69, 9.17) is 4.74 Å². The predicted molar refractivity (Wildman–Crippen MR) is 104 cm³/mol. The molecule has 2 aliphatic heterocycles. The van der Waals surface area contributed by atoms with Crippen LogP contribution in [0.1, 0.15) is 17.5 Å². The first-order valence-corrected chi connectivity index (χ1v) is 9.76. The van der Waals surface area contributed by atoms with Crippen LogP contribution in [0.15, 0.2) is 24.3 Å². The number of tetrazole rings is 1. The summed E-state index contributed by atoms with van der Waals surface area (Å²) in [5.74, 6) is 0.803. The second-order valence-electron chi connectivity index (χ2n) is 7.46. The van der Waals surface area contributed by atoms with Crippen molar-refractivity contribution >= 4 is 11.6 Å². The average molecular weight is 385 g/mol. The molecule has 2 aromatic rings. The van der Waals surface area contributed by atoms with Crippen molar-refractivity contribution in [1.29, 1.82) is 0 Å². The van der Waals surface area contributed by atoms with Crippen molar-refractivity contribution in [3.8, 4) is 0 Å². The van der Waals surface area contributed by atoms with Crippen LogP contribution in [0.25, 0.3) is 0 Å². The molecule has 2 fully saturated rings. The number of aromatic nitrogens is 4. The van der Waals surface area contributed by atoms with Gasteiger partial charge in [-0.15, -0.1) is 5.10 Å². The summed E-state index contributed by atoms with van der Waals surface area (Å²) in [6, 6.07) is 8.59. The lowest BCUT2D eigenvalue weighted by Crippen LogP contribution is -2.52. The van der Waals surface area contributed by atoms with Crippen LogP contribution in [0.5, 0.6) is 0 Å². The van der Waals surface area contributed by atoms with Crippen LogP contribution in [0, 0.1) is 6.92 Å². The molecule has 0 radical (unpaired) electrons. The molecular weight excluding hydrogens is 358 g/mol. The Bertz CT molecular complexity index is 816. The van der Waals surface area contributed by atoms with Gasteiger partial charge >= 0.3 is 0 Å². The minimum Gasteiger partial charge on any atom is -0.369 e. The Kier molecular flexibility index (Phi) is 5.54. The molecule has 2 saturated heterocycles. The summed E-state index contributed by atoms with van der Waals surface area (Å²) in [7, 11) is 1.78. The van der Waals surface area contributed by atoms with Gasteiger partial charge in [0, 0.05) is 45.5 Å². The fourth-order valence-corrected chi connectivity index (χ4v) is 3.82. The van der Waals surface area contributed by atoms with Gasteiger partial charge in [-0.05, 0) is 35.0 Å². The molecule has 2 aliphatic rings. The molecule has 9 heteroatoms. The van der Waals surface area contributed by atoms with Gasteiger partial charge in [0.2, 0.25) is 5.91 Å². The topological polar surface area (TPSA) is 79.6 Å².